The van der Waals surface area contributed by atoms with Crippen LogP contribution in [0.15, 0.2) is 24.3 Å². The van der Waals surface area contributed by atoms with Gasteiger partial charge >= 0.3 is 0 Å². The van der Waals surface area contributed by atoms with Crippen molar-refractivity contribution in [3.63, 3.8) is 0 Å². The number of amides is 1. The maximum atomic E-state index is 11.8. The Morgan fingerprint density at radius 2 is 2.22 bits per heavy atom. The van der Waals surface area contributed by atoms with E-state index in [1.54, 1.807) is 0 Å². The quantitative estimate of drug-likeness (QED) is 0.782. The summed E-state index contributed by atoms with van der Waals surface area (Å²) in [7, 11) is 0. The molecule has 1 aliphatic rings. The highest BCUT2D eigenvalue weighted by Crippen LogP contribution is 2.29. The summed E-state index contributed by atoms with van der Waals surface area (Å²) < 4.78 is 0. The van der Waals surface area contributed by atoms with Crippen LogP contribution in [0.5, 0.6) is 0 Å². The van der Waals surface area contributed by atoms with Gasteiger partial charge in [-0.05, 0) is 36.9 Å². The van der Waals surface area contributed by atoms with Crippen molar-refractivity contribution in [1.29, 1.82) is 0 Å². The molecule has 1 unspecified atom stereocenters. The van der Waals surface area contributed by atoms with Gasteiger partial charge in [-0.25, -0.2) is 0 Å². The van der Waals surface area contributed by atoms with Crippen molar-refractivity contribution in [1.82, 2.24) is 10.6 Å². The molecule has 3 nitrogen and oxygen atoms in total. The lowest BCUT2D eigenvalue weighted by molar-refractivity contribution is -0.121. The van der Waals surface area contributed by atoms with E-state index in [0.717, 1.165) is 32.4 Å². The second-order valence-electron chi connectivity index (χ2n) is 4.81. The molecule has 0 aliphatic heterocycles. The molecule has 0 saturated heterocycles. The third-order valence-electron chi connectivity index (χ3n) is 3.48. The summed E-state index contributed by atoms with van der Waals surface area (Å²) >= 11 is 0. The fourth-order valence-corrected chi connectivity index (χ4v) is 2.55. The Bertz CT molecular complexity index is 403. The molecule has 1 atom stereocenters. The maximum absolute atomic E-state index is 11.8. The molecule has 0 radical (unpaired) electrons. The minimum Gasteiger partial charge on any atom is -0.349 e. The molecule has 0 spiro atoms. The predicted molar refractivity (Wildman–Crippen MR) is 73.4 cm³/mol. The third-order valence-corrected chi connectivity index (χ3v) is 3.48. The molecule has 1 aromatic rings. The number of benzene rings is 1. The average molecular weight is 246 g/mol. The van der Waals surface area contributed by atoms with Gasteiger partial charge in [-0.2, -0.15) is 0 Å². The number of nitrogens with one attached hydrogen (secondary N) is 2. The van der Waals surface area contributed by atoms with Gasteiger partial charge in [-0.3, -0.25) is 4.79 Å². The number of hydrogen-bond donors (Lipinski definition) is 2. The van der Waals surface area contributed by atoms with E-state index >= 15 is 0 Å². The Morgan fingerprint density at radius 1 is 1.39 bits per heavy atom. The lowest BCUT2D eigenvalue weighted by atomic mass is 9.88. The van der Waals surface area contributed by atoms with Crippen LogP contribution in [0.3, 0.4) is 0 Å². The van der Waals surface area contributed by atoms with Crippen LogP contribution < -0.4 is 10.6 Å². The van der Waals surface area contributed by atoms with Gasteiger partial charge in [-0.15, -0.1) is 0 Å². The van der Waals surface area contributed by atoms with Crippen molar-refractivity contribution in [2.45, 2.75) is 38.6 Å². The molecule has 2 rings (SSSR count). The molecule has 3 heteroatoms. The van der Waals surface area contributed by atoms with Gasteiger partial charge in [-0.1, -0.05) is 31.2 Å². The topological polar surface area (TPSA) is 41.1 Å². The molecule has 0 fully saturated rings. The van der Waals surface area contributed by atoms with Crippen molar-refractivity contribution in [3.05, 3.63) is 35.4 Å². The van der Waals surface area contributed by atoms with Gasteiger partial charge < -0.3 is 10.6 Å². The predicted octanol–water partition coefficient (Wildman–Crippen LogP) is 2.18. The van der Waals surface area contributed by atoms with E-state index in [4.69, 9.17) is 0 Å². The van der Waals surface area contributed by atoms with E-state index in [-0.39, 0.29) is 11.9 Å². The number of hydrogen-bond acceptors (Lipinski definition) is 2. The molecular formula is C15H22N2O. The normalized spacial score (nSPS) is 18.2. The summed E-state index contributed by atoms with van der Waals surface area (Å²) in [6.45, 7) is 3.73. The molecule has 98 valence electrons. The van der Waals surface area contributed by atoms with Crippen molar-refractivity contribution < 1.29 is 4.79 Å². The third kappa shape index (κ3) is 3.33. The fraction of sp³-hybridized carbons (Fsp3) is 0.533. The van der Waals surface area contributed by atoms with Crippen molar-refractivity contribution in [2.75, 3.05) is 13.1 Å². The first-order chi connectivity index (χ1) is 8.81. The van der Waals surface area contributed by atoms with E-state index < -0.39 is 0 Å². The number of aryl methyl sites for hydroxylation is 1. The van der Waals surface area contributed by atoms with Gasteiger partial charge in [0.05, 0.1) is 6.04 Å². The van der Waals surface area contributed by atoms with Gasteiger partial charge in [0.1, 0.15) is 0 Å². The molecule has 1 amide bonds. The molecule has 1 aliphatic carbocycles. The van der Waals surface area contributed by atoms with Gasteiger partial charge in [0.25, 0.3) is 0 Å². The van der Waals surface area contributed by atoms with Crippen molar-refractivity contribution in [3.8, 4) is 0 Å². The second kappa shape index (κ2) is 6.55. The van der Waals surface area contributed by atoms with Crippen molar-refractivity contribution >= 4 is 5.91 Å². The lowest BCUT2D eigenvalue weighted by Crippen LogP contribution is -2.32. The minimum absolute atomic E-state index is 0.151. The molecule has 1 aromatic carbocycles. The van der Waals surface area contributed by atoms with Crippen LogP contribution in [-0.4, -0.2) is 19.0 Å². The van der Waals surface area contributed by atoms with Gasteiger partial charge in [0.15, 0.2) is 0 Å². The smallest absolute Gasteiger partial charge is 0.221 e. The van der Waals surface area contributed by atoms with Gasteiger partial charge in [0, 0.05) is 13.0 Å². The Balaban J connectivity index is 1.92. The highest BCUT2D eigenvalue weighted by atomic mass is 16.1. The first kappa shape index (κ1) is 13.1. The summed E-state index contributed by atoms with van der Waals surface area (Å²) in [4.78, 5) is 11.8. The summed E-state index contributed by atoms with van der Waals surface area (Å²) in [5.74, 6) is 0.151. The SMILES string of the molecule is CCNCCC(=O)NC1CCCc2ccccc21. The zero-order valence-corrected chi connectivity index (χ0v) is 11.0. The molecule has 0 saturated carbocycles. The highest BCUT2D eigenvalue weighted by Gasteiger charge is 2.20. The second-order valence-corrected chi connectivity index (χ2v) is 4.81. The maximum Gasteiger partial charge on any atom is 0.221 e. The largest absolute Gasteiger partial charge is 0.349 e. The first-order valence-corrected chi connectivity index (χ1v) is 6.89. The van der Waals surface area contributed by atoms with Crippen LogP contribution in [0, 0.1) is 0 Å². The molecule has 0 aromatic heterocycles. The standard InChI is InChI=1S/C15H22N2O/c1-2-16-11-10-15(18)17-14-9-5-7-12-6-3-4-8-13(12)14/h3-4,6,8,14,16H,2,5,7,9-11H2,1H3,(H,17,18). The number of fused-ring (bicyclic) bond motifs is 1. The number of carbonyl (C=O) groups is 1. The van der Waals surface area contributed by atoms with Crippen LogP contribution in [0.4, 0.5) is 0 Å². The van der Waals surface area contributed by atoms with Crippen LogP contribution in [-0.2, 0) is 11.2 Å². The molecule has 2 N–H and O–H groups in total. The van der Waals surface area contributed by atoms with Crippen LogP contribution >= 0.6 is 0 Å². The molecule has 0 bridgehead atoms. The fourth-order valence-electron chi connectivity index (χ4n) is 2.55. The Labute approximate surface area is 109 Å². The monoisotopic (exact) mass is 246 g/mol. The summed E-state index contributed by atoms with van der Waals surface area (Å²) in [6.07, 6.45) is 3.92. The minimum atomic E-state index is 0.151. The number of rotatable bonds is 5. The first-order valence-electron chi connectivity index (χ1n) is 6.89. The summed E-state index contributed by atoms with van der Waals surface area (Å²) in [5, 5.41) is 6.33. The van der Waals surface area contributed by atoms with Crippen LogP contribution in [0.1, 0.15) is 43.4 Å². The van der Waals surface area contributed by atoms with Gasteiger partial charge in [0.2, 0.25) is 5.91 Å². The highest BCUT2D eigenvalue weighted by molar-refractivity contribution is 5.76. The van der Waals surface area contributed by atoms with Crippen LogP contribution in [0.25, 0.3) is 0 Å². The average Bonchev–Trinajstić information content (AvgIpc) is 2.39. The summed E-state index contributed by atoms with van der Waals surface area (Å²) in [5.41, 5.74) is 2.70. The Morgan fingerprint density at radius 3 is 3.06 bits per heavy atom. The van der Waals surface area contributed by atoms with E-state index in [1.165, 1.54) is 11.1 Å². The summed E-state index contributed by atoms with van der Waals surface area (Å²) in [6, 6.07) is 8.66. The van der Waals surface area contributed by atoms with Crippen LogP contribution in [0.2, 0.25) is 0 Å². The zero-order chi connectivity index (χ0) is 12.8. The van der Waals surface area contributed by atoms with E-state index in [2.05, 4.69) is 41.8 Å². The van der Waals surface area contributed by atoms with Crippen molar-refractivity contribution in [2.24, 2.45) is 0 Å². The number of carbonyl (C=O) groups excluding carboxylic acids is 1. The van der Waals surface area contributed by atoms with E-state index in [0.29, 0.717) is 6.42 Å². The molecule has 0 heterocycles. The van der Waals surface area contributed by atoms with E-state index in [9.17, 15) is 4.79 Å². The molecule has 18 heavy (non-hydrogen) atoms. The van der Waals surface area contributed by atoms with E-state index in [1.807, 2.05) is 0 Å². The molecular weight excluding hydrogens is 224 g/mol. The Kier molecular flexibility index (Phi) is 4.76. The lowest BCUT2D eigenvalue weighted by Gasteiger charge is -2.26. The Hall–Kier alpha value is -1.35. The zero-order valence-electron chi connectivity index (χ0n) is 11.0.